The van der Waals surface area contributed by atoms with E-state index in [1.807, 2.05) is 18.7 Å². The number of carbonyl (C=O) groups is 1. The predicted octanol–water partition coefficient (Wildman–Crippen LogP) is 5.32. The summed E-state index contributed by atoms with van der Waals surface area (Å²) in [7, 11) is -3.68. The number of halogens is 1. The van der Waals surface area contributed by atoms with Crippen molar-refractivity contribution in [2.45, 2.75) is 67.9 Å². The first-order chi connectivity index (χ1) is 14.7. The van der Waals surface area contributed by atoms with E-state index in [-0.39, 0.29) is 22.8 Å². The monoisotopic (exact) mass is 481 g/mol. The van der Waals surface area contributed by atoms with Gasteiger partial charge in [-0.15, -0.1) is 0 Å². The van der Waals surface area contributed by atoms with E-state index in [2.05, 4.69) is 51.6 Å². The molecule has 8 heteroatoms. The third-order valence-corrected chi connectivity index (χ3v) is 8.51. The number of nitrogens with one attached hydrogen (secondary N) is 1. The van der Waals surface area contributed by atoms with Crippen LogP contribution in [0.3, 0.4) is 0 Å². The van der Waals surface area contributed by atoms with Gasteiger partial charge < -0.3 is 0 Å². The first-order valence-electron chi connectivity index (χ1n) is 11.2. The molecule has 32 heavy (non-hydrogen) atoms. The van der Waals surface area contributed by atoms with Crippen molar-refractivity contribution >= 4 is 42.2 Å². The summed E-state index contributed by atoms with van der Waals surface area (Å²) in [5.41, 5.74) is 2.14. The van der Waals surface area contributed by atoms with E-state index < -0.39 is 7.87 Å². The molecule has 2 aliphatic heterocycles. The number of benzene rings is 1. The minimum atomic E-state index is -3.68. The SMILES string of the molecule is CCO[PH]1(O)N=C(C2=C(C)[C@H](C(C)(C)C)N(CCC(C)(C)C)C2=O)Nc2ccc(Cl)cc21. The predicted molar refractivity (Wildman–Crippen MR) is 136 cm³/mol. The molecule has 0 saturated heterocycles. The van der Waals surface area contributed by atoms with E-state index >= 15 is 0 Å². The van der Waals surface area contributed by atoms with Gasteiger partial charge in [-0.2, -0.15) is 0 Å². The number of hydrogen-bond acceptors (Lipinski definition) is 5. The van der Waals surface area contributed by atoms with Crippen LogP contribution in [-0.2, 0) is 9.32 Å². The standard InChI is InChI=1S/C24H37ClN3O3P/c1-9-31-32(30)18-14-16(25)10-11-17(18)26-21(27-32)19-15(2)20(24(6,7)8)28(22(19)29)13-12-23(3,4)5/h10-11,14,20,30,32H,9,12-13H2,1-8H3,(H,26,27)/t20-/m1/s1. The number of fused-ring (bicyclic) bond motifs is 1. The first-order valence-corrected chi connectivity index (χ1v) is 13.4. The molecule has 6 nitrogen and oxygen atoms in total. The van der Waals surface area contributed by atoms with Crippen LogP contribution in [0.2, 0.25) is 5.02 Å². The zero-order valence-corrected chi connectivity index (χ0v) is 22.2. The summed E-state index contributed by atoms with van der Waals surface area (Å²) in [5, 5.41) is 4.36. The van der Waals surface area contributed by atoms with Crippen molar-refractivity contribution in [1.29, 1.82) is 0 Å². The summed E-state index contributed by atoms with van der Waals surface area (Å²) < 4.78 is 10.4. The molecule has 1 atom stereocenters. The average molecular weight is 482 g/mol. The van der Waals surface area contributed by atoms with Crippen LogP contribution >= 0.6 is 19.5 Å². The molecule has 178 valence electrons. The number of amides is 1. The average Bonchev–Trinajstić information content (AvgIpc) is 2.90. The Morgan fingerprint density at radius 3 is 2.47 bits per heavy atom. The number of rotatable bonds is 5. The third kappa shape index (κ3) is 4.89. The van der Waals surface area contributed by atoms with Crippen LogP contribution in [0.15, 0.2) is 34.1 Å². The molecule has 2 heterocycles. The molecule has 0 fully saturated rings. The van der Waals surface area contributed by atoms with Crippen LogP contribution in [0.25, 0.3) is 0 Å². The number of hydrogen-bond donors (Lipinski definition) is 2. The van der Waals surface area contributed by atoms with Gasteiger partial charge in [-0.1, -0.05) is 0 Å². The molecule has 0 saturated carbocycles. The van der Waals surface area contributed by atoms with Gasteiger partial charge >= 0.3 is 198 Å². The summed E-state index contributed by atoms with van der Waals surface area (Å²) in [6, 6.07) is 5.20. The summed E-state index contributed by atoms with van der Waals surface area (Å²) in [4.78, 5) is 27.2. The molecule has 1 amide bonds. The zero-order valence-electron chi connectivity index (χ0n) is 20.5. The van der Waals surface area contributed by atoms with Crippen molar-refractivity contribution in [2.75, 3.05) is 18.5 Å². The summed E-state index contributed by atoms with van der Waals surface area (Å²) >= 11 is 6.18. The molecule has 0 unspecified atom stereocenters. The van der Waals surface area contributed by atoms with Gasteiger partial charge in [0.1, 0.15) is 0 Å². The Hall–Kier alpha value is -1.46. The fraction of sp³-hybridized carbons (Fsp3) is 0.583. The number of anilines is 1. The Labute approximate surface area is 197 Å². The molecule has 0 aromatic heterocycles. The van der Waals surface area contributed by atoms with Crippen molar-refractivity contribution in [3.8, 4) is 0 Å². The van der Waals surface area contributed by atoms with Crippen LogP contribution in [0.5, 0.6) is 0 Å². The van der Waals surface area contributed by atoms with E-state index in [4.69, 9.17) is 16.1 Å². The molecule has 3 rings (SSSR count). The second-order valence-corrected chi connectivity index (χ2v) is 13.7. The van der Waals surface area contributed by atoms with Gasteiger partial charge in [0.05, 0.1) is 0 Å². The maximum atomic E-state index is 13.7. The molecule has 1 aromatic carbocycles. The van der Waals surface area contributed by atoms with Gasteiger partial charge in [-0.25, -0.2) is 0 Å². The van der Waals surface area contributed by atoms with Crippen LogP contribution < -0.4 is 10.6 Å². The van der Waals surface area contributed by atoms with Gasteiger partial charge in [-0.3, -0.25) is 0 Å². The fourth-order valence-electron chi connectivity index (χ4n) is 4.58. The number of nitrogens with zero attached hydrogens (tertiary/aromatic N) is 2. The first kappa shape index (κ1) is 25.2. The van der Waals surface area contributed by atoms with E-state index in [0.717, 1.165) is 12.0 Å². The van der Waals surface area contributed by atoms with Gasteiger partial charge in [0.25, 0.3) is 0 Å². The fourth-order valence-corrected chi connectivity index (χ4v) is 6.90. The molecule has 2 aliphatic rings. The van der Waals surface area contributed by atoms with Crippen LogP contribution in [0.4, 0.5) is 5.69 Å². The van der Waals surface area contributed by atoms with Crippen LogP contribution in [-0.4, -0.2) is 40.7 Å². The van der Waals surface area contributed by atoms with Gasteiger partial charge in [0, 0.05) is 0 Å². The Balaban J connectivity index is 2.09. The molecule has 0 bridgehead atoms. The Kier molecular flexibility index (Phi) is 6.86. The van der Waals surface area contributed by atoms with Crippen molar-refractivity contribution in [3.05, 3.63) is 34.4 Å². The van der Waals surface area contributed by atoms with Gasteiger partial charge in [0.15, 0.2) is 0 Å². The summed E-state index contributed by atoms with van der Waals surface area (Å²) in [6.07, 6.45) is 0.894. The van der Waals surface area contributed by atoms with Gasteiger partial charge in [0.2, 0.25) is 0 Å². The Morgan fingerprint density at radius 1 is 1.25 bits per heavy atom. The molecule has 2 N–H and O–H groups in total. The molecule has 0 spiro atoms. The summed E-state index contributed by atoms with van der Waals surface area (Å²) in [6.45, 7) is 17.8. The topological polar surface area (TPSA) is 74.2 Å². The molecular formula is C24H37ClN3O3P. The molecule has 0 radical (unpaired) electrons. The van der Waals surface area contributed by atoms with Crippen molar-refractivity contribution in [1.82, 2.24) is 4.90 Å². The Bertz CT molecular complexity index is 978. The second-order valence-electron chi connectivity index (χ2n) is 11.0. The van der Waals surface area contributed by atoms with Crippen molar-refractivity contribution in [2.24, 2.45) is 15.6 Å². The van der Waals surface area contributed by atoms with E-state index in [1.54, 1.807) is 18.2 Å². The molecular weight excluding hydrogens is 445 g/mol. The van der Waals surface area contributed by atoms with E-state index in [0.29, 0.717) is 40.6 Å². The minimum absolute atomic E-state index is 0.0506. The van der Waals surface area contributed by atoms with E-state index in [1.165, 1.54) is 0 Å². The normalized spacial score (nSPS) is 21.9. The van der Waals surface area contributed by atoms with Crippen molar-refractivity contribution in [3.63, 3.8) is 0 Å². The number of amidine groups is 1. The molecule has 1 aromatic rings. The number of carbonyl (C=O) groups excluding carboxylic acids is 1. The second kappa shape index (κ2) is 8.72. The maximum absolute atomic E-state index is 13.7. The van der Waals surface area contributed by atoms with Gasteiger partial charge in [-0.05, 0) is 0 Å². The van der Waals surface area contributed by atoms with E-state index in [9.17, 15) is 9.69 Å². The Morgan fingerprint density at radius 2 is 1.91 bits per heavy atom. The van der Waals surface area contributed by atoms with Crippen LogP contribution in [0.1, 0.15) is 61.8 Å². The zero-order chi connectivity index (χ0) is 24.1. The van der Waals surface area contributed by atoms with Crippen molar-refractivity contribution < 1.29 is 14.2 Å². The summed E-state index contributed by atoms with van der Waals surface area (Å²) in [5.74, 6) is 0.334. The molecule has 0 aliphatic carbocycles. The third-order valence-electron chi connectivity index (χ3n) is 5.95. The van der Waals surface area contributed by atoms with Crippen LogP contribution in [0, 0.1) is 10.8 Å². The quantitative estimate of drug-likeness (QED) is 0.558.